The van der Waals surface area contributed by atoms with Crippen LogP contribution in [0.15, 0.2) is 29.3 Å². The lowest BCUT2D eigenvalue weighted by Crippen LogP contribution is -1.89. The Balaban J connectivity index is 2.51. The van der Waals surface area contributed by atoms with Gasteiger partial charge in [0.2, 0.25) is 0 Å². The second-order valence-electron chi connectivity index (χ2n) is 3.95. The van der Waals surface area contributed by atoms with Crippen LogP contribution in [-0.4, -0.2) is 17.7 Å². The first-order chi connectivity index (χ1) is 8.63. The Morgan fingerprint density at radius 2 is 2.11 bits per heavy atom. The van der Waals surface area contributed by atoms with Crippen LogP contribution in [0.1, 0.15) is 25.8 Å². The lowest BCUT2D eigenvalue weighted by Gasteiger charge is -1.94. The number of nitrogens with zero attached hydrogens (tertiary/aromatic N) is 2. The van der Waals surface area contributed by atoms with Crippen LogP contribution < -0.4 is 0 Å². The SMILES string of the molecule is CCC(C)C#CCN=Cc1ccc([N+](=O)[O-])cc1. The van der Waals surface area contributed by atoms with Crippen LogP contribution in [-0.2, 0) is 0 Å². The lowest BCUT2D eigenvalue weighted by molar-refractivity contribution is -0.384. The fourth-order valence-corrected chi connectivity index (χ4v) is 1.20. The fraction of sp³-hybridized carbons (Fsp3) is 0.357. The summed E-state index contributed by atoms with van der Waals surface area (Å²) in [6, 6.07) is 6.27. The average molecular weight is 244 g/mol. The molecule has 1 atom stereocenters. The van der Waals surface area contributed by atoms with Crippen LogP contribution in [0.3, 0.4) is 0 Å². The van der Waals surface area contributed by atoms with E-state index in [1.54, 1.807) is 18.3 Å². The van der Waals surface area contributed by atoms with Crippen LogP contribution in [0.2, 0.25) is 0 Å². The predicted octanol–water partition coefficient (Wildman–Crippen LogP) is 3.06. The molecule has 0 heterocycles. The molecule has 4 heteroatoms. The van der Waals surface area contributed by atoms with Gasteiger partial charge in [-0.15, -0.1) is 0 Å². The number of hydrogen-bond acceptors (Lipinski definition) is 3. The number of nitro benzene ring substituents is 1. The zero-order valence-corrected chi connectivity index (χ0v) is 10.6. The van der Waals surface area contributed by atoms with Crippen LogP contribution >= 0.6 is 0 Å². The van der Waals surface area contributed by atoms with Crippen molar-refractivity contribution in [1.82, 2.24) is 0 Å². The third-order valence-corrected chi connectivity index (χ3v) is 2.48. The maximum absolute atomic E-state index is 10.5. The van der Waals surface area contributed by atoms with E-state index >= 15 is 0 Å². The van der Waals surface area contributed by atoms with Crippen molar-refractivity contribution in [3.63, 3.8) is 0 Å². The topological polar surface area (TPSA) is 55.5 Å². The zero-order valence-electron chi connectivity index (χ0n) is 10.6. The highest BCUT2D eigenvalue weighted by molar-refractivity contribution is 5.80. The van der Waals surface area contributed by atoms with Crippen LogP contribution in [0.5, 0.6) is 0 Å². The molecule has 0 saturated carbocycles. The first-order valence-electron chi connectivity index (χ1n) is 5.86. The molecular formula is C14H16N2O2. The van der Waals surface area contributed by atoms with E-state index in [0.717, 1.165) is 12.0 Å². The summed E-state index contributed by atoms with van der Waals surface area (Å²) in [5.74, 6) is 6.47. The predicted molar refractivity (Wildman–Crippen MR) is 72.8 cm³/mol. The molecule has 4 nitrogen and oxygen atoms in total. The van der Waals surface area contributed by atoms with Gasteiger partial charge in [0.15, 0.2) is 0 Å². The second-order valence-corrected chi connectivity index (χ2v) is 3.95. The van der Waals surface area contributed by atoms with E-state index in [1.165, 1.54) is 12.1 Å². The van der Waals surface area contributed by atoms with Gasteiger partial charge in [-0.1, -0.05) is 25.7 Å². The number of nitro groups is 1. The molecule has 0 fully saturated rings. The standard InChI is InChI=1S/C14H16N2O2/c1-3-12(2)5-4-10-15-11-13-6-8-14(9-7-13)16(17)18/h6-9,11-12H,3,10H2,1-2H3. The van der Waals surface area contributed by atoms with Crippen molar-refractivity contribution in [3.8, 4) is 11.8 Å². The normalized spacial score (nSPS) is 11.9. The van der Waals surface area contributed by atoms with Crippen molar-refractivity contribution in [3.05, 3.63) is 39.9 Å². The van der Waals surface area contributed by atoms with Gasteiger partial charge >= 0.3 is 0 Å². The van der Waals surface area contributed by atoms with E-state index in [-0.39, 0.29) is 5.69 Å². The lowest BCUT2D eigenvalue weighted by atomic mass is 10.1. The molecule has 18 heavy (non-hydrogen) atoms. The van der Waals surface area contributed by atoms with Crippen molar-refractivity contribution in [2.45, 2.75) is 20.3 Å². The molecule has 0 amide bonds. The highest BCUT2D eigenvalue weighted by atomic mass is 16.6. The Labute approximate surface area is 107 Å². The molecule has 1 unspecified atom stereocenters. The summed E-state index contributed by atoms with van der Waals surface area (Å²) in [5.41, 5.74) is 0.926. The van der Waals surface area contributed by atoms with Gasteiger partial charge in [-0.2, -0.15) is 0 Å². The van der Waals surface area contributed by atoms with Crippen molar-refractivity contribution >= 4 is 11.9 Å². The van der Waals surface area contributed by atoms with Gasteiger partial charge in [-0.25, -0.2) is 0 Å². The summed E-state index contributed by atoms with van der Waals surface area (Å²) in [5, 5.41) is 10.5. The Hall–Kier alpha value is -2.15. The van der Waals surface area contributed by atoms with E-state index in [2.05, 4.69) is 30.7 Å². The number of hydrogen-bond donors (Lipinski definition) is 0. The summed E-state index contributed by atoms with van der Waals surface area (Å²) in [7, 11) is 0. The van der Waals surface area contributed by atoms with E-state index in [9.17, 15) is 10.1 Å². The molecule has 1 rings (SSSR count). The molecule has 94 valence electrons. The Morgan fingerprint density at radius 3 is 2.67 bits per heavy atom. The summed E-state index contributed by atoms with van der Waals surface area (Å²) in [6.07, 6.45) is 2.72. The molecule has 0 aliphatic carbocycles. The molecule has 1 aromatic carbocycles. The fourth-order valence-electron chi connectivity index (χ4n) is 1.20. The number of aliphatic imine (C=N–C) groups is 1. The quantitative estimate of drug-likeness (QED) is 0.354. The van der Waals surface area contributed by atoms with Gasteiger partial charge in [0.05, 0.1) is 11.5 Å². The maximum Gasteiger partial charge on any atom is 0.269 e. The molecule has 0 aliphatic heterocycles. The number of benzene rings is 1. The monoisotopic (exact) mass is 244 g/mol. The van der Waals surface area contributed by atoms with Crippen LogP contribution in [0.4, 0.5) is 5.69 Å². The van der Waals surface area contributed by atoms with Crippen molar-refractivity contribution in [2.75, 3.05) is 6.54 Å². The minimum atomic E-state index is -0.418. The van der Waals surface area contributed by atoms with E-state index in [4.69, 9.17) is 0 Å². The Bertz CT molecular complexity index is 481. The van der Waals surface area contributed by atoms with E-state index in [0.29, 0.717) is 12.5 Å². The van der Waals surface area contributed by atoms with Gasteiger partial charge in [-0.3, -0.25) is 15.1 Å². The molecule has 0 aromatic heterocycles. The molecule has 0 saturated heterocycles. The summed E-state index contributed by atoms with van der Waals surface area (Å²) < 4.78 is 0. The summed E-state index contributed by atoms with van der Waals surface area (Å²) in [4.78, 5) is 14.2. The van der Waals surface area contributed by atoms with Gasteiger partial charge in [-0.05, 0) is 24.1 Å². The number of non-ortho nitro benzene ring substituents is 1. The third-order valence-electron chi connectivity index (χ3n) is 2.48. The molecule has 0 spiro atoms. The van der Waals surface area contributed by atoms with Gasteiger partial charge in [0, 0.05) is 24.3 Å². The van der Waals surface area contributed by atoms with Crippen molar-refractivity contribution in [1.29, 1.82) is 0 Å². The first-order valence-corrected chi connectivity index (χ1v) is 5.86. The largest absolute Gasteiger partial charge is 0.280 e. The molecule has 0 bridgehead atoms. The highest BCUT2D eigenvalue weighted by Gasteiger charge is 2.01. The van der Waals surface area contributed by atoms with Gasteiger partial charge < -0.3 is 0 Å². The van der Waals surface area contributed by atoms with Crippen molar-refractivity contribution in [2.24, 2.45) is 10.9 Å². The first kappa shape index (κ1) is 13.9. The minimum absolute atomic E-state index is 0.0868. The van der Waals surface area contributed by atoms with Crippen molar-refractivity contribution < 1.29 is 4.92 Å². The molecule has 0 radical (unpaired) electrons. The van der Waals surface area contributed by atoms with Crippen LogP contribution in [0.25, 0.3) is 0 Å². The van der Waals surface area contributed by atoms with Gasteiger partial charge in [0.1, 0.15) is 0 Å². The Morgan fingerprint density at radius 1 is 1.44 bits per heavy atom. The second kappa shape index (κ2) is 7.23. The maximum atomic E-state index is 10.5. The molecule has 0 N–H and O–H groups in total. The molecule has 1 aromatic rings. The molecule has 0 aliphatic rings. The van der Waals surface area contributed by atoms with E-state index in [1.807, 2.05) is 0 Å². The zero-order chi connectivity index (χ0) is 13.4. The highest BCUT2D eigenvalue weighted by Crippen LogP contribution is 2.10. The average Bonchev–Trinajstić information content (AvgIpc) is 2.38. The minimum Gasteiger partial charge on any atom is -0.280 e. The van der Waals surface area contributed by atoms with Crippen LogP contribution in [0, 0.1) is 27.9 Å². The summed E-state index contributed by atoms with van der Waals surface area (Å²) >= 11 is 0. The molecular weight excluding hydrogens is 228 g/mol. The Kier molecular flexibility index (Phi) is 5.59. The third kappa shape index (κ3) is 4.79. The smallest absolute Gasteiger partial charge is 0.269 e. The summed E-state index contributed by atoms with van der Waals surface area (Å²) in [6.45, 7) is 4.63. The van der Waals surface area contributed by atoms with E-state index < -0.39 is 4.92 Å². The number of rotatable bonds is 4. The van der Waals surface area contributed by atoms with Gasteiger partial charge in [0.25, 0.3) is 5.69 Å².